The number of halogens is 2. The van der Waals surface area contributed by atoms with Crippen molar-refractivity contribution in [3.8, 4) is 0 Å². The minimum absolute atomic E-state index is 0.0310. The Kier molecular flexibility index (Phi) is 3.80. The second kappa shape index (κ2) is 6.12. The van der Waals surface area contributed by atoms with Gasteiger partial charge in [0.1, 0.15) is 11.3 Å². The van der Waals surface area contributed by atoms with E-state index in [-0.39, 0.29) is 23.2 Å². The number of rotatable bonds is 4. The first-order valence-corrected chi connectivity index (χ1v) is 8.03. The van der Waals surface area contributed by atoms with E-state index >= 15 is 0 Å². The minimum atomic E-state index is -0.523. The summed E-state index contributed by atoms with van der Waals surface area (Å²) in [6.45, 7) is 0. The summed E-state index contributed by atoms with van der Waals surface area (Å²) in [4.78, 5) is 11.9. The normalized spacial score (nSPS) is 14.3. The molecule has 0 unspecified atom stereocenters. The van der Waals surface area contributed by atoms with Crippen molar-refractivity contribution in [3.63, 3.8) is 0 Å². The molecule has 0 atom stereocenters. The number of amides is 1. The third kappa shape index (κ3) is 3.15. The number of benzene rings is 2. The van der Waals surface area contributed by atoms with Crippen LogP contribution in [0.2, 0.25) is 0 Å². The Labute approximate surface area is 142 Å². The Bertz CT molecular complexity index is 989. The van der Waals surface area contributed by atoms with Crippen molar-refractivity contribution >= 4 is 34.6 Å². The molecule has 1 fully saturated rings. The van der Waals surface area contributed by atoms with Crippen molar-refractivity contribution in [3.05, 3.63) is 59.3 Å². The molecule has 0 spiro atoms. The van der Waals surface area contributed by atoms with Crippen LogP contribution >= 0.6 is 0 Å². The molecule has 2 aromatic carbocycles. The molecule has 1 heterocycles. The lowest BCUT2D eigenvalue weighted by Crippen LogP contribution is -2.13. The van der Waals surface area contributed by atoms with Crippen molar-refractivity contribution in [2.45, 2.75) is 12.8 Å². The van der Waals surface area contributed by atoms with Gasteiger partial charge in [-0.1, -0.05) is 18.2 Å². The fourth-order valence-corrected chi connectivity index (χ4v) is 2.67. The number of hydrogen-bond donors (Lipinski definition) is 2. The zero-order valence-corrected chi connectivity index (χ0v) is 13.2. The first-order chi connectivity index (χ1) is 12.1. The number of carbonyl (C=O) groups is 1. The van der Waals surface area contributed by atoms with Crippen LogP contribution in [0.4, 0.5) is 14.5 Å². The van der Waals surface area contributed by atoms with Crippen LogP contribution in [0, 0.1) is 17.6 Å². The molecule has 1 aliphatic carbocycles. The van der Waals surface area contributed by atoms with E-state index in [4.69, 9.17) is 0 Å². The van der Waals surface area contributed by atoms with E-state index in [1.54, 1.807) is 36.4 Å². The molecule has 0 aliphatic heterocycles. The van der Waals surface area contributed by atoms with Gasteiger partial charge in [0.05, 0.1) is 5.69 Å². The monoisotopic (exact) mass is 339 g/mol. The lowest BCUT2D eigenvalue weighted by atomic mass is 10.1. The van der Waals surface area contributed by atoms with Gasteiger partial charge in [-0.2, -0.15) is 5.10 Å². The highest BCUT2D eigenvalue weighted by Gasteiger charge is 2.29. The number of carbonyl (C=O) groups excluding carboxylic acids is 1. The topological polar surface area (TPSA) is 57.8 Å². The number of nitrogens with one attached hydrogen (secondary N) is 2. The molecule has 1 saturated carbocycles. The zero-order valence-electron chi connectivity index (χ0n) is 13.2. The average molecular weight is 339 g/mol. The maximum atomic E-state index is 14.2. The largest absolute Gasteiger partial charge is 0.326 e. The lowest BCUT2D eigenvalue weighted by molar-refractivity contribution is -0.117. The number of aromatic nitrogens is 2. The number of nitrogens with zero attached hydrogens (tertiary/aromatic N) is 1. The van der Waals surface area contributed by atoms with Crippen molar-refractivity contribution < 1.29 is 13.6 Å². The maximum absolute atomic E-state index is 14.2. The van der Waals surface area contributed by atoms with Crippen molar-refractivity contribution in [1.82, 2.24) is 10.2 Å². The van der Waals surface area contributed by atoms with Gasteiger partial charge in [0, 0.05) is 22.6 Å². The third-order valence-corrected chi connectivity index (χ3v) is 4.19. The summed E-state index contributed by atoms with van der Waals surface area (Å²) >= 11 is 0. The highest BCUT2D eigenvalue weighted by atomic mass is 19.1. The molecule has 1 aromatic heterocycles. The standard InChI is InChI=1S/C19H15F2N3O/c20-15-4-2-1-3-11(15)7-8-17-14-9-13(22-19(25)12-5-6-12)10-16(21)18(14)24-23-17/h1-4,7-10,12H,5-6H2,(H,22,25)(H,23,24). The molecule has 0 radical (unpaired) electrons. The molecule has 4 nitrogen and oxygen atoms in total. The van der Waals surface area contributed by atoms with Gasteiger partial charge < -0.3 is 5.32 Å². The van der Waals surface area contributed by atoms with E-state index in [1.165, 1.54) is 12.1 Å². The summed E-state index contributed by atoms with van der Waals surface area (Å²) in [6, 6.07) is 9.29. The van der Waals surface area contributed by atoms with Gasteiger partial charge in [0.15, 0.2) is 5.82 Å². The van der Waals surface area contributed by atoms with E-state index in [9.17, 15) is 13.6 Å². The molecule has 1 amide bonds. The highest BCUT2D eigenvalue weighted by Crippen LogP contribution is 2.31. The predicted octanol–water partition coefficient (Wildman–Crippen LogP) is 4.36. The van der Waals surface area contributed by atoms with Crippen LogP contribution in [-0.4, -0.2) is 16.1 Å². The smallest absolute Gasteiger partial charge is 0.227 e. The van der Waals surface area contributed by atoms with Gasteiger partial charge in [-0.25, -0.2) is 8.78 Å². The summed E-state index contributed by atoms with van der Waals surface area (Å²) in [5.41, 5.74) is 1.53. The van der Waals surface area contributed by atoms with Gasteiger partial charge in [0.2, 0.25) is 5.91 Å². The maximum Gasteiger partial charge on any atom is 0.227 e. The van der Waals surface area contributed by atoms with E-state index in [0.29, 0.717) is 22.3 Å². The van der Waals surface area contributed by atoms with Crippen molar-refractivity contribution in [2.75, 3.05) is 5.32 Å². The van der Waals surface area contributed by atoms with E-state index in [1.807, 2.05) is 0 Å². The molecule has 0 bridgehead atoms. The number of aromatic amines is 1. The Hall–Kier alpha value is -3.02. The molecule has 2 N–H and O–H groups in total. The molecule has 0 saturated heterocycles. The number of hydrogen-bond acceptors (Lipinski definition) is 2. The number of fused-ring (bicyclic) bond motifs is 1. The van der Waals surface area contributed by atoms with Crippen LogP contribution in [0.25, 0.3) is 23.1 Å². The quantitative estimate of drug-likeness (QED) is 0.742. The van der Waals surface area contributed by atoms with Crippen LogP contribution in [0.1, 0.15) is 24.1 Å². The fraction of sp³-hybridized carbons (Fsp3) is 0.158. The van der Waals surface area contributed by atoms with Crippen LogP contribution in [0.5, 0.6) is 0 Å². The molecule has 3 aromatic rings. The summed E-state index contributed by atoms with van der Waals surface area (Å²) < 4.78 is 27.9. The van der Waals surface area contributed by atoms with Gasteiger partial charge in [-0.15, -0.1) is 0 Å². The van der Waals surface area contributed by atoms with E-state index < -0.39 is 5.82 Å². The first kappa shape index (κ1) is 15.5. The van der Waals surface area contributed by atoms with E-state index in [2.05, 4.69) is 15.5 Å². The van der Waals surface area contributed by atoms with Crippen molar-refractivity contribution in [1.29, 1.82) is 0 Å². The summed E-state index contributed by atoms with van der Waals surface area (Å²) in [7, 11) is 0. The zero-order chi connectivity index (χ0) is 17.4. The lowest BCUT2D eigenvalue weighted by Gasteiger charge is -2.05. The molecule has 25 heavy (non-hydrogen) atoms. The Morgan fingerprint density at radius 3 is 2.72 bits per heavy atom. The van der Waals surface area contributed by atoms with Crippen LogP contribution in [0.3, 0.4) is 0 Å². The highest BCUT2D eigenvalue weighted by molar-refractivity contribution is 5.98. The Balaban J connectivity index is 1.68. The van der Waals surface area contributed by atoms with Gasteiger partial charge in [-0.3, -0.25) is 9.89 Å². The predicted molar refractivity (Wildman–Crippen MR) is 92.7 cm³/mol. The van der Waals surface area contributed by atoms with E-state index in [0.717, 1.165) is 12.8 Å². The molecular weight excluding hydrogens is 324 g/mol. The average Bonchev–Trinajstić information content (AvgIpc) is 3.36. The Morgan fingerprint density at radius 2 is 1.96 bits per heavy atom. The summed E-state index contributed by atoms with van der Waals surface area (Å²) in [6.07, 6.45) is 4.98. The SMILES string of the molecule is O=C(Nc1cc(F)c2n[nH]c(C=Cc3ccccc3F)c2c1)C1CC1. The first-order valence-electron chi connectivity index (χ1n) is 8.03. The van der Waals surface area contributed by atoms with Crippen LogP contribution in [-0.2, 0) is 4.79 Å². The van der Waals surface area contributed by atoms with Gasteiger partial charge in [0.25, 0.3) is 0 Å². The van der Waals surface area contributed by atoms with Crippen LogP contribution in [0.15, 0.2) is 36.4 Å². The molecule has 6 heteroatoms. The molecule has 126 valence electrons. The molecular formula is C19H15F2N3O. The van der Waals surface area contributed by atoms with Crippen molar-refractivity contribution in [2.24, 2.45) is 5.92 Å². The third-order valence-electron chi connectivity index (χ3n) is 4.19. The molecule has 4 rings (SSSR count). The number of anilines is 1. The van der Waals surface area contributed by atoms with Gasteiger partial charge >= 0.3 is 0 Å². The summed E-state index contributed by atoms with van der Waals surface area (Å²) in [5, 5.41) is 9.97. The molecule has 1 aliphatic rings. The van der Waals surface area contributed by atoms with Gasteiger partial charge in [-0.05, 0) is 43.2 Å². The Morgan fingerprint density at radius 1 is 1.16 bits per heavy atom. The fourth-order valence-electron chi connectivity index (χ4n) is 2.67. The number of H-pyrrole nitrogens is 1. The second-order valence-corrected chi connectivity index (χ2v) is 6.11. The van der Waals surface area contributed by atoms with Crippen LogP contribution < -0.4 is 5.32 Å². The minimum Gasteiger partial charge on any atom is -0.326 e. The summed E-state index contributed by atoms with van der Waals surface area (Å²) in [5.74, 6) is -0.925. The second-order valence-electron chi connectivity index (χ2n) is 6.11.